The van der Waals surface area contributed by atoms with Gasteiger partial charge in [-0.05, 0) is 25.8 Å². The Morgan fingerprint density at radius 2 is 1.80 bits per heavy atom. The van der Waals surface area contributed by atoms with Crippen molar-refractivity contribution in [1.82, 2.24) is 0 Å². The van der Waals surface area contributed by atoms with Crippen molar-refractivity contribution >= 4 is 11.8 Å². The van der Waals surface area contributed by atoms with E-state index in [-0.39, 0.29) is 0 Å². The lowest BCUT2D eigenvalue weighted by Gasteiger charge is -2.09. The molecule has 0 heterocycles. The first kappa shape index (κ1) is 12.6. The molecular formula is C13H21NS. The van der Waals surface area contributed by atoms with Crippen LogP contribution in [0.5, 0.6) is 0 Å². The molecule has 1 rings (SSSR count). The van der Waals surface area contributed by atoms with Crippen LogP contribution in [0.3, 0.4) is 0 Å². The molecule has 0 saturated heterocycles. The van der Waals surface area contributed by atoms with Crippen LogP contribution in [-0.2, 0) is 5.75 Å². The largest absolute Gasteiger partial charge is 0.327 e. The van der Waals surface area contributed by atoms with Crippen molar-refractivity contribution in [2.75, 3.05) is 5.75 Å². The van der Waals surface area contributed by atoms with E-state index in [0.29, 0.717) is 6.04 Å². The summed E-state index contributed by atoms with van der Waals surface area (Å²) in [5.41, 5.74) is 10.00. The average molecular weight is 223 g/mol. The number of benzene rings is 1. The molecule has 0 fully saturated rings. The van der Waals surface area contributed by atoms with Crippen molar-refractivity contribution in [3.05, 3.63) is 34.9 Å². The van der Waals surface area contributed by atoms with E-state index in [1.165, 1.54) is 16.7 Å². The van der Waals surface area contributed by atoms with E-state index in [4.69, 9.17) is 5.73 Å². The zero-order valence-electron chi connectivity index (χ0n) is 9.92. The second-order valence-electron chi connectivity index (χ2n) is 4.18. The molecule has 2 heteroatoms. The first-order valence-corrected chi connectivity index (χ1v) is 6.67. The standard InChI is InChI=1S/C13H21NS/c1-4-13(14)9-15-8-12-6-10(2)5-11(3)7-12/h5-7,13H,4,8-9,14H2,1-3H3. The topological polar surface area (TPSA) is 26.0 Å². The highest BCUT2D eigenvalue weighted by Crippen LogP contribution is 2.16. The van der Waals surface area contributed by atoms with Gasteiger partial charge in [0.15, 0.2) is 0 Å². The van der Waals surface area contributed by atoms with Crippen molar-refractivity contribution in [3.8, 4) is 0 Å². The van der Waals surface area contributed by atoms with E-state index >= 15 is 0 Å². The number of thioether (sulfide) groups is 1. The highest BCUT2D eigenvalue weighted by atomic mass is 32.2. The molecule has 1 unspecified atom stereocenters. The molecule has 0 spiro atoms. The fraction of sp³-hybridized carbons (Fsp3) is 0.538. The van der Waals surface area contributed by atoms with Crippen LogP contribution in [0.25, 0.3) is 0 Å². The molecule has 0 bridgehead atoms. The molecule has 0 aliphatic heterocycles. The molecule has 2 N–H and O–H groups in total. The number of rotatable bonds is 5. The maximum absolute atomic E-state index is 5.88. The Labute approximate surface area is 97.4 Å². The monoisotopic (exact) mass is 223 g/mol. The third-order valence-corrected chi connectivity index (χ3v) is 3.61. The van der Waals surface area contributed by atoms with E-state index in [0.717, 1.165) is 17.9 Å². The summed E-state index contributed by atoms with van der Waals surface area (Å²) < 4.78 is 0. The Morgan fingerprint density at radius 1 is 1.20 bits per heavy atom. The summed E-state index contributed by atoms with van der Waals surface area (Å²) in [7, 11) is 0. The third-order valence-electron chi connectivity index (χ3n) is 2.41. The van der Waals surface area contributed by atoms with Gasteiger partial charge in [-0.25, -0.2) is 0 Å². The van der Waals surface area contributed by atoms with Crippen molar-refractivity contribution in [3.63, 3.8) is 0 Å². The number of nitrogens with two attached hydrogens (primary N) is 1. The van der Waals surface area contributed by atoms with Gasteiger partial charge in [-0.1, -0.05) is 36.2 Å². The van der Waals surface area contributed by atoms with Crippen LogP contribution in [0.4, 0.5) is 0 Å². The third kappa shape index (κ3) is 4.72. The molecule has 15 heavy (non-hydrogen) atoms. The van der Waals surface area contributed by atoms with E-state index in [1.54, 1.807) is 0 Å². The van der Waals surface area contributed by atoms with Gasteiger partial charge in [-0.2, -0.15) is 11.8 Å². The normalized spacial score (nSPS) is 12.8. The van der Waals surface area contributed by atoms with Crippen LogP contribution in [0.15, 0.2) is 18.2 Å². The Bertz CT molecular complexity index is 289. The maximum atomic E-state index is 5.88. The minimum absolute atomic E-state index is 0.348. The van der Waals surface area contributed by atoms with Gasteiger partial charge < -0.3 is 5.73 Å². The highest BCUT2D eigenvalue weighted by Gasteiger charge is 2.00. The fourth-order valence-corrected chi connectivity index (χ4v) is 2.66. The van der Waals surface area contributed by atoms with Gasteiger partial charge in [0.05, 0.1) is 0 Å². The molecule has 1 aromatic rings. The van der Waals surface area contributed by atoms with Gasteiger partial charge in [0.1, 0.15) is 0 Å². The van der Waals surface area contributed by atoms with E-state index < -0.39 is 0 Å². The van der Waals surface area contributed by atoms with Gasteiger partial charge in [0.25, 0.3) is 0 Å². The Hall–Kier alpha value is -0.470. The van der Waals surface area contributed by atoms with E-state index in [2.05, 4.69) is 39.0 Å². The van der Waals surface area contributed by atoms with Gasteiger partial charge in [0, 0.05) is 17.5 Å². The fourth-order valence-electron chi connectivity index (χ4n) is 1.60. The van der Waals surface area contributed by atoms with Crippen LogP contribution in [-0.4, -0.2) is 11.8 Å². The van der Waals surface area contributed by atoms with Gasteiger partial charge in [0.2, 0.25) is 0 Å². The molecule has 0 amide bonds. The Kier molecular flexibility index (Phi) is 5.20. The van der Waals surface area contributed by atoms with Gasteiger partial charge >= 0.3 is 0 Å². The van der Waals surface area contributed by atoms with E-state index in [9.17, 15) is 0 Å². The SMILES string of the molecule is CCC(N)CSCc1cc(C)cc(C)c1. The second-order valence-corrected chi connectivity index (χ2v) is 5.21. The van der Waals surface area contributed by atoms with Crippen LogP contribution < -0.4 is 5.73 Å². The first-order valence-electron chi connectivity index (χ1n) is 5.52. The summed E-state index contributed by atoms with van der Waals surface area (Å²) in [6.07, 6.45) is 1.07. The molecule has 0 aliphatic carbocycles. The molecular weight excluding hydrogens is 202 g/mol. The van der Waals surface area contributed by atoms with Crippen LogP contribution >= 0.6 is 11.8 Å². The lowest BCUT2D eigenvalue weighted by molar-refractivity contribution is 0.725. The lowest BCUT2D eigenvalue weighted by atomic mass is 10.1. The average Bonchev–Trinajstić information content (AvgIpc) is 2.16. The van der Waals surface area contributed by atoms with Gasteiger partial charge in [-0.3, -0.25) is 0 Å². The zero-order valence-corrected chi connectivity index (χ0v) is 10.7. The minimum Gasteiger partial charge on any atom is -0.327 e. The molecule has 0 aliphatic rings. The Balaban J connectivity index is 2.43. The molecule has 0 radical (unpaired) electrons. The quantitative estimate of drug-likeness (QED) is 0.829. The summed E-state index contributed by atoms with van der Waals surface area (Å²) in [6.45, 7) is 6.44. The lowest BCUT2D eigenvalue weighted by Crippen LogP contribution is -2.21. The predicted molar refractivity (Wildman–Crippen MR) is 70.3 cm³/mol. The highest BCUT2D eigenvalue weighted by molar-refractivity contribution is 7.98. The second kappa shape index (κ2) is 6.19. The van der Waals surface area contributed by atoms with E-state index in [1.807, 2.05) is 11.8 Å². The maximum Gasteiger partial charge on any atom is 0.0185 e. The van der Waals surface area contributed by atoms with Crippen LogP contribution in [0, 0.1) is 13.8 Å². The Morgan fingerprint density at radius 3 is 2.33 bits per heavy atom. The minimum atomic E-state index is 0.348. The number of aryl methyl sites for hydroxylation is 2. The summed E-state index contributed by atoms with van der Waals surface area (Å²) in [5, 5.41) is 0. The smallest absolute Gasteiger partial charge is 0.0185 e. The summed E-state index contributed by atoms with van der Waals surface area (Å²) >= 11 is 1.93. The van der Waals surface area contributed by atoms with Crippen LogP contribution in [0.2, 0.25) is 0 Å². The number of hydrogen-bond donors (Lipinski definition) is 1. The molecule has 1 atom stereocenters. The number of hydrogen-bond acceptors (Lipinski definition) is 2. The molecule has 0 aromatic heterocycles. The molecule has 84 valence electrons. The summed E-state index contributed by atoms with van der Waals surface area (Å²) in [6, 6.07) is 7.09. The summed E-state index contributed by atoms with van der Waals surface area (Å²) in [5.74, 6) is 2.14. The van der Waals surface area contributed by atoms with Crippen molar-refractivity contribution in [2.24, 2.45) is 5.73 Å². The molecule has 0 saturated carbocycles. The first-order chi connectivity index (χ1) is 7.11. The molecule has 1 nitrogen and oxygen atoms in total. The van der Waals surface area contributed by atoms with Crippen molar-refractivity contribution in [1.29, 1.82) is 0 Å². The van der Waals surface area contributed by atoms with Crippen molar-refractivity contribution < 1.29 is 0 Å². The zero-order chi connectivity index (χ0) is 11.3. The molecule has 1 aromatic carbocycles. The summed E-state index contributed by atoms with van der Waals surface area (Å²) in [4.78, 5) is 0. The van der Waals surface area contributed by atoms with Crippen LogP contribution in [0.1, 0.15) is 30.0 Å². The van der Waals surface area contributed by atoms with Crippen molar-refractivity contribution in [2.45, 2.75) is 39.0 Å². The van der Waals surface area contributed by atoms with Gasteiger partial charge in [-0.15, -0.1) is 0 Å². The predicted octanol–water partition coefficient (Wildman–Crippen LogP) is 3.27.